The summed E-state index contributed by atoms with van der Waals surface area (Å²) in [7, 11) is 0. The number of aromatic nitrogens is 1. The van der Waals surface area contributed by atoms with E-state index in [0.717, 1.165) is 32.7 Å². The Labute approximate surface area is 108 Å². The Kier molecular flexibility index (Phi) is 4.18. The van der Waals surface area contributed by atoms with Crippen molar-refractivity contribution in [1.82, 2.24) is 9.27 Å². The molecule has 0 atom stereocenters. The molecule has 0 aromatic carbocycles. The summed E-state index contributed by atoms with van der Waals surface area (Å²) in [6, 6.07) is 0. The highest BCUT2D eigenvalue weighted by atomic mass is 32.1. The summed E-state index contributed by atoms with van der Waals surface area (Å²) in [5, 5.41) is 0. The van der Waals surface area contributed by atoms with Crippen LogP contribution >= 0.6 is 11.5 Å². The highest BCUT2D eigenvalue weighted by molar-refractivity contribution is 7.07. The lowest BCUT2D eigenvalue weighted by Gasteiger charge is -2.34. The molecular formula is C13H21N3S. The first-order valence-electron chi connectivity index (χ1n) is 6.32. The lowest BCUT2D eigenvalue weighted by atomic mass is 10.2. The summed E-state index contributed by atoms with van der Waals surface area (Å²) >= 11 is 1.61. The number of piperazine rings is 1. The molecule has 0 radical (unpaired) electrons. The van der Waals surface area contributed by atoms with E-state index in [0.29, 0.717) is 0 Å². The summed E-state index contributed by atoms with van der Waals surface area (Å²) in [6.45, 7) is 12.2. The van der Waals surface area contributed by atoms with Gasteiger partial charge in [-0.25, -0.2) is 0 Å². The molecule has 1 aliphatic rings. The molecule has 0 N–H and O–H groups in total. The Hall–Kier alpha value is -0.870. The van der Waals surface area contributed by atoms with Gasteiger partial charge in [-0.15, -0.1) is 0 Å². The lowest BCUT2D eigenvalue weighted by Crippen LogP contribution is -2.46. The first-order valence-corrected chi connectivity index (χ1v) is 7.09. The quantitative estimate of drug-likeness (QED) is 0.823. The Morgan fingerprint density at radius 3 is 2.59 bits per heavy atom. The lowest BCUT2D eigenvalue weighted by molar-refractivity contribution is 0.270. The van der Waals surface area contributed by atoms with Crippen LogP contribution in [0.15, 0.2) is 6.08 Å². The second kappa shape index (κ2) is 5.65. The third kappa shape index (κ3) is 2.69. The highest BCUT2D eigenvalue weighted by Crippen LogP contribution is 2.27. The van der Waals surface area contributed by atoms with Crippen LogP contribution in [0.3, 0.4) is 0 Å². The first kappa shape index (κ1) is 12.6. The van der Waals surface area contributed by atoms with Crippen LogP contribution in [0.2, 0.25) is 0 Å². The number of anilines is 1. The molecule has 2 rings (SSSR count). The summed E-state index contributed by atoms with van der Waals surface area (Å²) < 4.78 is 4.61. The van der Waals surface area contributed by atoms with Crippen molar-refractivity contribution in [2.45, 2.75) is 20.8 Å². The van der Waals surface area contributed by atoms with Gasteiger partial charge in [0.1, 0.15) is 5.82 Å². The molecule has 1 fully saturated rings. The molecule has 17 heavy (non-hydrogen) atoms. The van der Waals surface area contributed by atoms with Gasteiger partial charge in [-0.3, -0.25) is 0 Å². The zero-order valence-corrected chi connectivity index (χ0v) is 11.8. The van der Waals surface area contributed by atoms with E-state index in [2.05, 4.69) is 47.1 Å². The van der Waals surface area contributed by atoms with Crippen LogP contribution in [0.5, 0.6) is 0 Å². The molecule has 1 aliphatic heterocycles. The fraction of sp³-hybridized carbons (Fsp3) is 0.615. The van der Waals surface area contributed by atoms with E-state index in [1.807, 2.05) is 0 Å². The SMILES string of the molecule is CC=Cc1snc(N2CCN(CC)CC2)c1C. The minimum Gasteiger partial charge on any atom is -0.353 e. The first-order chi connectivity index (χ1) is 8.26. The van der Waals surface area contributed by atoms with E-state index in [4.69, 9.17) is 0 Å². The van der Waals surface area contributed by atoms with Crippen molar-refractivity contribution in [3.63, 3.8) is 0 Å². The molecule has 94 valence electrons. The third-order valence-corrected chi connectivity index (χ3v) is 4.28. The zero-order valence-electron chi connectivity index (χ0n) is 10.9. The van der Waals surface area contributed by atoms with Crippen LogP contribution in [-0.4, -0.2) is 42.0 Å². The van der Waals surface area contributed by atoms with Crippen molar-refractivity contribution in [3.05, 3.63) is 16.5 Å². The fourth-order valence-electron chi connectivity index (χ4n) is 2.22. The van der Waals surface area contributed by atoms with Crippen LogP contribution in [-0.2, 0) is 0 Å². The number of likely N-dealkylation sites (N-methyl/N-ethyl adjacent to an activating group) is 1. The molecule has 3 nitrogen and oxygen atoms in total. The van der Waals surface area contributed by atoms with Crippen LogP contribution < -0.4 is 4.90 Å². The summed E-state index contributed by atoms with van der Waals surface area (Å²) in [6.07, 6.45) is 4.23. The fourth-order valence-corrected chi connectivity index (χ4v) is 3.08. The maximum absolute atomic E-state index is 4.61. The van der Waals surface area contributed by atoms with E-state index >= 15 is 0 Å². The molecule has 1 aromatic heterocycles. The van der Waals surface area contributed by atoms with Gasteiger partial charge in [-0.05, 0) is 38.0 Å². The summed E-state index contributed by atoms with van der Waals surface area (Å²) in [4.78, 5) is 6.20. The largest absolute Gasteiger partial charge is 0.353 e. The molecule has 4 heteroatoms. The van der Waals surface area contributed by atoms with E-state index in [1.165, 1.54) is 16.3 Å². The minimum absolute atomic E-state index is 1.10. The monoisotopic (exact) mass is 251 g/mol. The van der Waals surface area contributed by atoms with Gasteiger partial charge in [0.05, 0.1) is 4.88 Å². The Morgan fingerprint density at radius 1 is 1.29 bits per heavy atom. The molecule has 0 spiro atoms. The maximum Gasteiger partial charge on any atom is 0.145 e. The summed E-state index contributed by atoms with van der Waals surface area (Å²) in [5.41, 5.74) is 1.33. The van der Waals surface area contributed by atoms with Crippen molar-refractivity contribution >= 4 is 23.4 Å². The molecule has 0 aliphatic carbocycles. The van der Waals surface area contributed by atoms with Crippen molar-refractivity contribution in [2.24, 2.45) is 0 Å². The third-order valence-electron chi connectivity index (χ3n) is 3.37. The van der Waals surface area contributed by atoms with E-state index in [-0.39, 0.29) is 0 Å². The second-order valence-corrected chi connectivity index (χ2v) is 5.22. The van der Waals surface area contributed by atoms with Gasteiger partial charge < -0.3 is 9.80 Å². The highest BCUT2D eigenvalue weighted by Gasteiger charge is 2.20. The Morgan fingerprint density at radius 2 is 2.00 bits per heavy atom. The van der Waals surface area contributed by atoms with Crippen LogP contribution in [0.4, 0.5) is 5.82 Å². The van der Waals surface area contributed by atoms with E-state index < -0.39 is 0 Å². The van der Waals surface area contributed by atoms with Crippen LogP contribution in [0.1, 0.15) is 24.3 Å². The van der Waals surface area contributed by atoms with Gasteiger partial charge in [0.25, 0.3) is 0 Å². The molecule has 1 saturated heterocycles. The Balaban J connectivity index is 2.08. The predicted molar refractivity (Wildman–Crippen MR) is 75.9 cm³/mol. The molecule has 1 aromatic rings. The summed E-state index contributed by atoms with van der Waals surface area (Å²) in [5.74, 6) is 1.19. The molecule has 0 amide bonds. The van der Waals surface area contributed by atoms with Gasteiger partial charge in [-0.2, -0.15) is 4.37 Å². The number of rotatable bonds is 3. The number of hydrogen-bond donors (Lipinski definition) is 0. The van der Waals surface area contributed by atoms with Crippen molar-refractivity contribution in [3.8, 4) is 0 Å². The second-order valence-electron chi connectivity index (χ2n) is 4.42. The topological polar surface area (TPSA) is 19.4 Å². The van der Waals surface area contributed by atoms with Gasteiger partial charge >= 0.3 is 0 Å². The van der Waals surface area contributed by atoms with Crippen molar-refractivity contribution < 1.29 is 0 Å². The zero-order chi connectivity index (χ0) is 12.3. The molecule has 0 saturated carbocycles. The average Bonchev–Trinajstić information content (AvgIpc) is 2.72. The van der Waals surface area contributed by atoms with Crippen molar-refractivity contribution in [1.29, 1.82) is 0 Å². The van der Waals surface area contributed by atoms with Crippen molar-refractivity contribution in [2.75, 3.05) is 37.6 Å². The average molecular weight is 251 g/mol. The smallest absolute Gasteiger partial charge is 0.145 e. The van der Waals surface area contributed by atoms with Crippen LogP contribution in [0, 0.1) is 6.92 Å². The van der Waals surface area contributed by atoms with Gasteiger partial charge in [0.2, 0.25) is 0 Å². The molecule has 0 bridgehead atoms. The van der Waals surface area contributed by atoms with Gasteiger partial charge in [0.15, 0.2) is 0 Å². The maximum atomic E-state index is 4.61. The van der Waals surface area contributed by atoms with Gasteiger partial charge in [-0.1, -0.05) is 13.0 Å². The molecule has 0 unspecified atom stereocenters. The molecular weight excluding hydrogens is 230 g/mol. The normalized spacial score (nSPS) is 18.2. The van der Waals surface area contributed by atoms with Gasteiger partial charge in [0, 0.05) is 31.7 Å². The van der Waals surface area contributed by atoms with E-state index in [9.17, 15) is 0 Å². The van der Waals surface area contributed by atoms with Crippen LogP contribution in [0.25, 0.3) is 6.08 Å². The number of nitrogens with zero attached hydrogens (tertiary/aromatic N) is 3. The Bertz CT molecular complexity index is 389. The van der Waals surface area contributed by atoms with E-state index in [1.54, 1.807) is 11.5 Å². The predicted octanol–water partition coefficient (Wildman–Crippen LogP) is 2.63. The molecule has 2 heterocycles. The number of allylic oxidation sites excluding steroid dienone is 1. The standard InChI is InChI=1S/C13H21N3S/c1-4-6-12-11(3)13(14-17-12)16-9-7-15(5-2)8-10-16/h4,6H,5,7-10H2,1-3H3. The number of hydrogen-bond acceptors (Lipinski definition) is 4. The minimum atomic E-state index is 1.10.